The zero-order chi connectivity index (χ0) is 7.23. The topological polar surface area (TPSA) is 0 Å². The molecule has 0 aromatic heterocycles. The minimum absolute atomic E-state index is 0.731. The summed E-state index contributed by atoms with van der Waals surface area (Å²) in [5.74, 6) is 0. The van der Waals surface area contributed by atoms with Crippen molar-refractivity contribution in [3.8, 4) is 0 Å². The molecule has 0 aliphatic carbocycles. The van der Waals surface area contributed by atoms with Crippen molar-refractivity contribution in [3.63, 3.8) is 0 Å². The average molecular weight is 176 g/mol. The fraction of sp³-hybridized carbons (Fsp3) is 0.111. The Morgan fingerprint density at radius 3 is 2.50 bits per heavy atom. The zero-order valence-electron chi connectivity index (χ0n) is 5.56. The minimum atomic E-state index is 0.731. The third-order valence-electron chi connectivity index (χ3n) is 1.18. The summed E-state index contributed by atoms with van der Waals surface area (Å²) in [6, 6.07) is 10.2. The van der Waals surface area contributed by atoms with Crippen LogP contribution in [0.25, 0.3) is 6.08 Å². The maximum atomic E-state index is 4.50. The van der Waals surface area contributed by atoms with Gasteiger partial charge in [-0.05, 0) is 0 Å². The van der Waals surface area contributed by atoms with Crippen molar-refractivity contribution in [2.24, 2.45) is 0 Å². The molecule has 0 N–H and O–H groups in total. The second-order valence-corrected chi connectivity index (χ2v) is 2.35. The molecule has 10 heavy (non-hydrogen) atoms. The van der Waals surface area contributed by atoms with Gasteiger partial charge in [0.05, 0.1) is 0 Å². The third kappa shape index (κ3) is 2.37. The van der Waals surface area contributed by atoms with E-state index in [9.17, 15) is 0 Å². The van der Waals surface area contributed by atoms with E-state index >= 15 is 0 Å². The molecule has 0 amide bonds. The molecule has 0 fully saturated rings. The van der Waals surface area contributed by atoms with E-state index in [1.54, 1.807) is 0 Å². The van der Waals surface area contributed by atoms with Gasteiger partial charge >= 0.3 is 68.9 Å². The maximum absolute atomic E-state index is 4.50. The zero-order valence-corrected chi connectivity index (χ0v) is 6.55. The van der Waals surface area contributed by atoms with Gasteiger partial charge in [-0.15, -0.1) is 0 Å². The summed E-state index contributed by atoms with van der Waals surface area (Å²) in [4.78, 5) is 0. The van der Waals surface area contributed by atoms with Gasteiger partial charge in [0.25, 0.3) is 0 Å². The molecular weight excluding hydrogens is 167 g/mol. The molecule has 0 radical (unpaired) electrons. The van der Waals surface area contributed by atoms with Crippen LogP contribution >= 0.6 is 0 Å². The Hall–Kier alpha value is -0.546. The van der Waals surface area contributed by atoms with Crippen LogP contribution in [0.2, 0.25) is 5.39 Å². The van der Waals surface area contributed by atoms with Crippen LogP contribution in [0.1, 0.15) is 5.56 Å². The SMILES string of the molecule is [Ni][CH2]C=Cc1ccccc1. The Balaban J connectivity index is 2.67. The number of hydrogen-bond acceptors (Lipinski definition) is 0. The Morgan fingerprint density at radius 1 is 1.20 bits per heavy atom. The first kappa shape index (κ1) is 7.56. The van der Waals surface area contributed by atoms with Crippen LogP contribution in [-0.4, -0.2) is 0 Å². The van der Waals surface area contributed by atoms with Gasteiger partial charge in [0.15, 0.2) is 0 Å². The van der Waals surface area contributed by atoms with Crippen molar-refractivity contribution in [2.45, 2.75) is 5.39 Å². The third-order valence-corrected chi connectivity index (χ3v) is 1.42. The molecule has 0 heterocycles. The molecule has 1 aromatic rings. The van der Waals surface area contributed by atoms with E-state index in [4.69, 9.17) is 0 Å². The summed E-state index contributed by atoms with van der Waals surface area (Å²) in [5.41, 5.74) is 1.22. The van der Waals surface area contributed by atoms with Gasteiger partial charge in [-0.3, -0.25) is 0 Å². The van der Waals surface area contributed by atoms with Crippen LogP contribution in [-0.2, 0) is 15.5 Å². The Kier molecular flexibility index (Phi) is 3.25. The van der Waals surface area contributed by atoms with E-state index < -0.39 is 0 Å². The molecule has 55 valence electrons. The molecule has 0 spiro atoms. The van der Waals surface area contributed by atoms with Crippen molar-refractivity contribution >= 4 is 6.08 Å². The number of rotatable bonds is 2. The van der Waals surface area contributed by atoms with Crippen LogP contribution in [0.4, 0.5) is 0 Å². The second kappa shape index (κ2) is 4.30. The van der Waals surface area contributed by atoms with E-state index in [2.05, 4.69) is 27.6 Å². The van der Waals surface area contributed by atoms with E-state index in [1.807, 2.05) is 30.4 Å². The fourth-order valence-electron chi connectivity index (χ4n) is 0.738. The first-order valence-electron chi connectivity index (χ1n) is 3.16. The molecule has 0 bridgehead atoms. The number of benzene rings is 1. The summed E-state index contributed by atoms with van der Waals surface area (Å²) in [6.45, 7) is 0. The Morgan fingerprint density at radius 2 is 1.90 bits per heavy atom. The molecular formula is C9H9Ni. The van der Waals surface area contributed by atoms with Crippen molar-refractivity contribution in [2.75, 3.05) is 0 Å². The van der Waals surface area contributed by atoms with Crippen molar-refractivity contribution in [1.29, 1.82) is 0 Å². The second-order valence-electron chi connectivity index (χ2n) is 1.94. The molecule has 0 saturated heterocycles. The summed E-state index contributed by atoms with van der Waals surface area (Å²) >= 11 is 4.50. The van der Waals surface area contributed by atoms with Gasteiger partial charge < -0.3 is 0 Å². The molecule has 0 aliphatic rings. The van der Waals surface area contributed by atoms with Crippen molar-refractivity contribution in [1.82, 2.24) is 0 Å². The van der Waals surface area contributed by atoms with Crippen molar-refractivity contribution < 1.29 is 15.5 Å². The first-order chi connectivity index (χ1) is 4.93. The monoisotopic (exact) mass is 175 g/mol. The van der Waals surface area contributed by atoms with Crippen LogP contribution in [0.3, 0.4) is 0 Å². The quantitative estimate of drug-likeness (QED) is 0.607. The van der Waals surface area contributed by atoms with Gasteiger partial charge in [0, 0.05) is 0 Å². The molecule has 1 heteroatoms. The van der Waals surface area contributed by atoms with Crippen molar-refractivity contribution in [3.05, 3.63) is 42.0 Å². The van der Waals surface area contributed by atoms with E-state index in [0.29, 0.717) is 0 Å². The normalized spacial score (nSPS) is 10.6. The van der Waals surface area contributed by atoms with E-state index in [0.717, 1.165) is 5.39 Å². The van der Waals surface area contributed by atoms with Gasteiger partial charge in [-0.1, -0.05) is 0 Å². The van der Waals surface area contributed by atoms with E-state index in [-0.39, 0.29) is 0 Å². The van der Waals surface area contributed by atoms with Crippen LogP contribution in [0.5, 0.6) is 0 Å². The van der Waals surface area contributed by atoms with Gasteiger partial charge in [0.1, 0.15) is 0 Å². The molecule has 1 aromatic carbocycles. The average Bonchev–Trinajstić information content (AvgIpc) is 2.03. The Labute approximate surface area is 69.3 Å². The molecule has 0 atom stereocenters. The fourth-order valence-corrected chi connectivity index (χ4v) is 0.854. The summed E-state index contributed by atoms with van der Waals surface area (Å²) in [7, 11) is 0. The standard InChI is InChI=1S/C9H9.Ni/c1-2-6-9-7-4-3-5-8-9;/h2-8H,1H2;. The molecule has 1 rings (SSSR count). The van der Waals surface area contributed by atoms with Gasteiger partial charge in [-0.2, -0.15) is 0 Å². The molecule has 0 unspecified atom stereocenters. The Bertz CT molecular complexity index is 201. The predicted molar refractivity (Wildman–Crippen MR) is 40.3 cm³/mol. The number of hydrogen-bond donors (Lipinski definition) is 0. The summed E-state index contributed by atoms with van der Waals surface area (Å²) in [6.07, 6.45) is 4.04. The van der Waals surface area contributed by atoms with Crippen LogP contribution in [0.15, 0.2) is 36.4 Å². The van der Waals surface area contributed by atoms with E-state index in [1.165, 1.54) is 5.56 Å². The summed E-state index contributed by atoms with van der Waals surface area (Å²) < 4.78 is 0. The van der Waals surface area contributed by atoms with Gasteiger partial charge in [-0.25, -0.2) is 0 Å². The van der Waals surface area contributed by atoms with Crippen LogP contribution < -0.4 is 0 Å². The molecule has 0 saturated carbocycles. The van der Waals surface area contributed by atoms with Gasteiger partial charge in [0.2, 0.25) is 0 Å². The first-order valence-corrected chi connectivity index (χ1v) is 3.86. The summed E-state index contributed by atoms with van der Waals surface area (Å²) in [5, 5.41) is 0.731. The predicted octanol–water partition coefficient (Wildman–Crippen LogP) is 2.66. The number of allylic oxidation sites excluding steroid dienone is 1. The van der Waals surface area contributed by atoms with Crippen LogP contribution in [0, 0.1) is 0 Å². The molecule has 0 aliphatic heterocycles. The molecule has 0 nitrogen and oxygen atoms in total.